The van der Waals surface area contributed by atoms with Crippen LogP contribution in [0.1, 0.15) is 38.7 Å². The number of ether oxygens (including phenoxy) is 4. The van der Waals surface area contributed by atoms with E-state index in [1.165, 1.54) is 0 Å². The van der Waals surface area contributed by atoms with Gasteiger partial charge in [-0.3, -0.25) is 4.79 Å². The smallest absolute Gasteiger partial charge is 0.188 e. The van der Waals surface area contributed by atoms with E-state index in [0.29, 0.717) is 30.3 Å². The molecule has 0 saturated heterocycles. The molecule has 0 amide bonds. The van der Waals surface area contributed by atoms with Crippen molar-refractivity contribution in [3.8, 4) is 11.5 Å². The summed E-state index contributed by atoms with van der Waals surface area (Å²) >= 11 is 0. The second-order valence-corrected chi connectivity index (χ2v) is 6.68. The first kappa shape index (κ1) is 18.7. The van der Waals surface area contributed by atoms with Gasteiger partial charge in [-0.15, -0.1) is 0 Å². The Bertz CT molecular complexity index is 557. The molecular formula is C19H28O5. The lowest BCUT2D eigenvalue weighted by atomic mass is 9.64. The average Bonchev–Trinajstić information content (AvgIpc) is 2.57. The van der Waals surface area contributed by atoms with Crippen molar-refractivity contribution in [2.24, 2.45) is 11.3 Å². The molecule has 2 atom stereocenters. The fourth-order valence-electron chi connectivity index (χ4n) is 3.29. The van der Waals surface area contributed by atoms with Gasteiger partial charge >= 0.3 is 0 Å². The van der Waals surface area contributed by atoms with Crippen LogP contribution < -0.4 is 9.47 Å². The summed E-state index contributed by atoms with van der Waals surface area (Å²) in [5.41, 5.74) is 0.591. The van der Waals surface area contributed by atoms with Crippen molar-refractivity contribution in [2.75, 3.05) is 27.8 Å². The van der Waals surface area contributed by atoms with E-state index in [9.17, 15) is 4.79 Å². The predicted molar refractivity (Wildman–Crippen MR) is 91.3 cm³/mol. The van der Waals surface area contributed by atoms with E-state index in [0.717, 1.165) is 24.2 Å². The van der Waals surface area contributed by atoms with Gasteiger partial charge in [0.2, 0.25) is 0 Å². The lowest BCUT2D eigenvalue weighted by Crippen LogP contribution is -2.40. The normalized spacial score (nSPS) is 24.0. The highest BCUT2D eigenvalue weighted by Gasteiger charge is 2.41. The number of hydrogen-bond acceptors (Lipinski definition) is 5. The zero-order valence-corrected chi connectivity index (χ0v) is 15.1. The van der Waals surface area contributed by atoms with Gasteiger partial charge in [0.15, 0.2) is 13.6 Å². The molecule has 0 aliphatic heterocycles. The number of hydrogen-bond donors (Lipinski definition) is 0. The van der Waals surface area contributed by atoms with Gasteiger partial charge in [-0.2, -0.15) is 0 Å². The third-order valence-corrected chi connectivity index (χ3v) is 5.03. The molecule has 0 unspecified atom stereocenters. The zero-order valence-electron chi connectivity index (χ0n) is 15.1. The van der Waals surface area contributed by atoms with Gasteiger partial charge < -0.3 is 18.9 Å². The maximum absolute atomic E-state index is 12.6. The van der Waals surface area contributed by atoms with E-state index in [2.05, 4.69) is 13.8 Å². The number of carbonyl (C=O) groups excluding carboxylic acids is 1. The summed E-state index contributed by atoms with van der Waals surface area (Å²) in [6.07, 6.45) is 3.36. The minimum Gasteiger partial charge on any atom is -0.468 e. The highest BCUT2D eigenvalue weighted by molar-refractivity contribution is 5.85. The first-order chi connectivity index (χ1) is 11.5. The van der Waals surface area contributed by atoms with E-state index in [-0.39, 0.29) is 19.0 Å². The molecule has 0 aromatic heterocycles. The van der Waals surface area contributed by atoms with Crippen LogP contribution >= 0.6 is 0 Å². The third kappa shape index (κ3) is 4.28. The molecule has 0 spiro atoms. The Morgan fingerprint density at radius 1 is 1.17 bits per heavy atom. The maximum Gasteiger partial charge on any atom is 0.188 e. The quantitative estimate of drug-likeness (QED) is 0.679. The van der Waals surface area contributed by atoms with Crippen molar-refractivity contribution >= 4 is 5.78 Å². The number of benzene rings is 1. The van der Waals surface area contributed by atoms with Crippen LogP contribution in [0.3, 0.4) is 0 Å². The van der Waals surface area contributed by atoms with Crippen LogP contribution in [0.5, 0.6) is 11.5 Å². The number of rotatable bonds is 8. The van der Waals surface area contributed by atoms with E-state index >= 15 is 0 Å². The molecular weight excluding hydrogens is 308 g/mol. The predicted octanol–water partition coefficient (Wildman–Crippen LogP) is 3.59. The Hall–Kier alpha value is -1.59. The minimum absolute atomic E-state index is 0.172. The highest BCUT2D eigenvalue weighted by atomic mass is 16.7. The fraction of sp³-hybridized carbons (Fsp3) is 0.632. The van der Waals surface area contributed by atoms with Crippen molar-refractivity contribution in [3.05, 3.63) is 23.8 Å². The summed E-state index contributed by atoms with van der Waals surface area (Å²) in [6.45, 7) is 4.59. The number of ketones is 1. The van der Waals surface area contributed by atoms with Crippen LogP contribution in [-0.2, 0) is 20.7 Å². The summed E-state index contributed by atoms with van der Waals surface area (Å²) in [5, 5.41) is 0. The molecule has 0 radical (unpaired) electrons. The van der Waals surface area contributed by atoms with Crippen LogP contribution in [0.4, 0.5) is 0 Å². The minimum atomic E-state index is -0.372. The molecule has 1 saturated carbocycles. The average molecular weight is 336 g/mol. The van der Waals surface area contributed by atoms with Crippen LogP contribution in [0.15, 0.2) is 18.2 Å². The van der Waals surface area contributed by atoms with Crippen molar-refractivity contribution in [3.63, 3.8) is 0 Å². The molecule has 134 valence electrons. The van der Waals surface area contributed by atoms with E-state index in [1.807, 2.05) is 18.2 Å². The summed E-state index contributed by atoms with van der Waals surface area (Å²) < 4.78 is 21.2. The van der Waals surface area contributed by atoms with Crippen molar-refractivity contribution in [1.82, 2.24) is 0 Å². The largest absolute Gasteiger partial charge is 0.468 e. The second-order valence-electron chi connectivity index (χ2n) is 6.68. The Morgan fingerprint density at radius 2 is 1.88 bits per heavy atom. The molecule has 5 nitrogen and oxygen atoms in total. The van der Waals surface area contributed by atoms with Gasteiger partial charge in [0, 0.05) is 26.1 Å². The standard InChI is InChI=1S/C19H28O5/c1-14-6-5-7-18(20)19(14,2)11-15-10-16(23-12-21-3)8-9-17(15)24-13-22-4/h8-10,14H,5-7,11-13H2,1-4H3/t14-,19+/m0/s1. The molecule has 1 aromatic carbocycles. The van der Waals surface area contributed by atoms with Gasteiger partial charge in [0.05, 0.1) is 0 Å². The molecule has 1 aromatic rings. The van der Waals surface area contributed by atoms with Crippen LogP contribution in [-0.4, -0.2) is 33.6 Å². The van der Waals surface area contributed by atoms with Crippen LogP contribution in [0.25, 0.3) is 0 Å². The summed E-state index contributed by atoms with van der Waals surface area (Å²) in [7, 11) is 3.17. The Labute approximate surface area is 144 Å². The van der Waals surface area contributed by atoms with E-state index in [1.54, 1.807) is 14.2 Å². The summed E-state index contributed by atoms with van der Waals surface area (Å²) in [5.74, 6) is 2.12. The van der Waals surface area contributed by atoms with Crippen LogP contribution in [0.2, 0.25) is 0 Å². The molecule has 1 aliphatic rings. The molecule has 1 fully saturated rings. The first-order valence-corrected chi connectivity index (χ1v) is 8.41. The second kappa shape index (κ2) is 8.49. The summed E-state index contributed by atoms with van der Waals surface area (Å²) in [6, 6.07) is 5.63. The molecule has 0 heterocycles. The summed E-state index contributed by atoms with van der Waals surface area (Å²) in [4.78, 5) is 12.6. The van der Waals surface area contributed by atoms with Crippen molar-refractivity contribution in [1.29, 1.82) is 0 Å². The number of methoxy groups -OCH3 is 2. The Balaban J connectivity index is 2.28. The Morgan fingerprint density at radius 3 is 2.54 bits per heavy atom. The first-order valence-electron chi connectivity index (χ1n) is 8.41. The third-order valence-electron chi connectivity index (χ3n) is 5.03. The van der Waals surface area contributed by atoms with E-state index < -0.39 is 0 Å². The molecule has 2 rings (SSSR count). The molecule has 5 heteroatoms. The van der Waals surface area contributed by atoms with Crippen molar-refractivity contribution < 1.29 is 23.7 Å². The molecule has 24 heavy (non-hydrogen) atoms. The fourth-order valence-corrected chi connectivity index (χ4v) is 3.29. The number of carbonyl (C=O) groups is 1. The SMILES string of the molecule is COCOc1ccc(OCOC)c(C[C@@]2(C)C(=O)CCC[C@@H]2C)c1. The lowest BCUT2D eigenvalue weighted by molar-refractivity contribution is -0.133. The Kier molecular flexibility index (Phi) is 6.63. The molecule has 0 bridgehead atoms. The maximum atomic E-state index is 12.6. The van der Waals surface area contributed by atoms with Gasteiger partial charge in [0.25, 0.3) is 0 Å². The molecule has 0 N–H and O–H groups in total. The molecule has 1 aliphatic carbocycles. The highest BCUT2D eigenvalue weighted by Crippen LogP contribution is 2.42. The van der Waals surface area contributed by atoms with Gasteiger partial charge in [-0.1, -0.05) is 13.8 Å². The van der Waals surface area contributed by atoms with Crippen molar-refractivity contribution in [2.45, 2.75) is 39.5 Å². The number of Topliss-reactive ketones (excluding diaryl/α,β-unsaturated/α-hetero) is 1. The van der Waals surface area contributed by atoms with Crippen LogP contribution in [0, 0.1) is 11.3 Å². The zero-order chi connectivity index (χ0) is 17.6. The van der Waals surface area contributed by atoms with Gasteiger partial charge in [-0.25, -0.2) is 0 Å². The van der Waals surface area contributed by atoms with E-state index in [4.69, 9.17) is 18.9 Å². The lowest BCUT2D eigenvalue weighted by Gasteiger charge is -2.38. The van der Waals surface area contributed by atoms with Gasteiger partial charge in [-0.05, 0) is 48.9 Å². The monoisotopic (exact) mass is 336 g/mol. The topological polar surface area (TPSA) is 54.0 Å². The van der Waals surface area contributed by atoms with Gasteiger partial charge in [0.1, 0.15) is 17.3 Å².